The van der Waals surface area contributed by atoms with Gasteiger partial charge < -0.3 is 10.1 Å². The molecule has 0 saturated carbocycles. The molecule has 0 fully saturated rings. The zero-order valence-electron chi connectivity index (χ0n) is 15.4. The first-order valence-corrected chi connectivity index (χ1v) is 8.92. The Hall–Kier alpha value is -3.21. The van der Waals surface area contributed by atoms with E-state index in [1.807, 2.05) is 68.4 Å². The van der Waals surface area contributed by atoms with E-state index in [9.17, 15) is 9.59 Å². The number of para-hydroxylation sites is 1. The molecule has 5 nitrogen and oxygen atoms in total. The zero-order chi connectivity index (χ0) is 19.2. The van der Waals surface area contributed by atoms with Crippen molar-refractivity contribution in [3.05, 3.63) is 77.5 Å². The lowest BCUT2D eigenvalue weighted by molar-refractivity contribution is -0.143. The number of nitrogens with one attached hydrogen (secondary N) is 1. The van der Waals surface area contributed by atoms with Crippen molar-refractivity contribution in [2.75, 3.05) is 6.54 Å². The van der Waals surface area contributed by atoms with Crippen LogP contribution in [0.5, 0.6) is 0 Å². The highest BCUT2D eigenvalue weighted by molar-refractivity contribution is 6.06. The summed E-state index contributed by atoms with van der Waals surface area (Å²) >= 11 is 0. The summed E-state index contributed by atoms with van der Waals surface area (Å²) in [6.07, 6.45) is 0. The normalized spacial score (nSPS) is 10.8. The summed E-state index contributed by atoms with van der Waals surface area (Å²) in [5, 5.41) is 3.41. The molecule has 3 aromatic rings. The highest BCUT2D eigenvalue weighted by atomic mass is 16.5. The van der Waals surface area contributed by atoms with Crippen molar-refractivity contribution in [2.45, 2.75) is 26.4 Å². The molecule has 0 radical (unpaired) electrons. The molecule has 5 heteroatoms. The highest BCUT2D eigenvalue weighted by Gasteiger charge is 2.15. The fraction of sp³-hybridized carbons (Fsp3) is 0.227. The smallest absolute Gasteiger partial charge is 0.325 e. The fourth-order valence-electron chi connectivity index (χ4n) is 2.72. The van der Waals surface area contributed by atoms with E-state index in [-0.39, 0.29) is 25.0 Å². The average molecular weight is 362 g/mol. The quantitative estimate of drug-likeness (QED) is 0.677. The summed E-state index contributed by atoms with van der Waals surface area (Å²) in [6.45, 7) is 4.06. The van der Waals surface area contributed by atoms with E-state index in [2.05, 4.69) is 10.3 Å². The Morgan fingerprint density at radius 2 is 1.74 bits per heavy atom. The first-order valence-electron chi connectivity index (χ1n) is 8.92. The first kappa shape index (κ1) is 18.6. The third-order valence-electron chi connectivity index (χ3n) is 4.21. The molecule has 138 valence electrons. The largest absolute Gasteiger partial charge is 0.460 e. The van der Waals surface area contributed by atoms with Crippen LogP contribution in [0.25, 0.3) is 10.9 Å². The Morgan fingerprint density at radius 1 is 1.04 bits per heavy atom. The lowest BCUT2D eigenvalue weighted by atomic mass is 10.0. The molecule has 1 aromatic heterocycles. The third-order valence-corrected chi connectivity index (χ3v) is 4.21. The Kier molecular flexibility index (Phi) is 5.81. The summed E-state index contributed by atoms with van der Waals surface area (Å²) in [6, 6.07) is 18.7. The summed E-state index contributed by atoms with van der Waals surface area (Å²) in [5.41, 5.74) is 3.02. The molecule has 2 aromatic carbocycles. The maximum Gasteiger partial charge on any atom is 0.325 e. The molecule has 3 rings (SSSR count). The highest BCUT2D eigenvalue weighted by Crippen LogP contribution is 2.22. The van der Waals surface area contributed by atoms with Crippen molar-refractivity contribution in [3.63, 3.8) is 0 Å². The lowest BCUT2D eigenvalue weighted by Gasteiger charge is -2.12. The number of pyridine rings is 1. The van der Waals surface area contributed by atoms with Crippen molar-refractivity contribution in [1.82, 2.24) is 10.3 Å². The van der Waals surface area contributed by atoms with Gasteiger partial charge in [0.15, 0.2) is 0 Å². The number of hydrogen-bond acceptors (Lipinski definition) is 4. The second-order valence-electron chi connectivity index (χ2n) is 6.60. The molecule has 1 heterocycles. The molecule has 0 aliphatic heterocycles. The van der Waals surface area contributed by atoms with Gasteiger partial charge in [-0.25, -0.2) is 0 Å². The minimum Gasteiger partial charge on any atom is -0.460 e. The molecule has 1 amide bonds. The third kappa shape index (κ3) is 4.70. The van der Waals surface area contributed by atoms with Crippen molar-refractivity contribution in [1.29, 1.82) is 0 Å². The van der Waals surface area contributed by atoms with Crippen LogP contribution < -0.4 is 5.32 Å². The predicted octanol–water partition coefficient (Wildman–Crippen LogP) is 3.83. The van der Waals surface area contributed by atoms with Gasteiger partial charge in [-0.1, -0.05) is 62.4 Å². The van der Waals surface area contributed by atoms with E-state index in [4.69, 9.17) is 4.74 Å². The fourth-order valence-corrected chi connectivity index (χ4v) is 2.72. The summed E-state index contributed by atoms with van der Waals surface area (Å²) < 4.78 is 5.20. The van der Waals surface area contributed by atoms with Gasteiger partial charge in [0.05, 0.1) is 11.1 Å². The van der Waals surface area contributed by atoms with E-state index < -0.39 is 5.97 Å². The average Bonchev–Trinajstić information content (AvgIpc) is 2.70. The van der Waals surface area contributed by atoms with Gasteiger partial charge in [-0.3, -0.25) is 14.6 Å². The lowest BCUT2D eigenvalue weighted by Crippen LogP contribution is -2.30. The number of carbonyl (C=O) groups excluding carboxylic acids is 2. The molecule has 0 atom stereocenters. The molecular weight excluding hydrogens is 340 g/mol. The van der Waals surface area contributed by atoms with Crippen LogP contribution in [0.4, 0.5) is 0 Å². The van der Waals surface area contributed by atoms with Gasteiger partial charge in [-0.05, 0) is 23.6 Å². The molecule has 0 aliphatic rings. The predicted molar refractivity (Wildman–Crippen MR) is 104 cm³/mol. The topological polar surface area (TPSA) is 68.3 Å². The molecular formula is C22H22N2O3. The van der Waals surface area contributed by atoms with Crippen LogP contribution in [0.1, 0.15) is 41.4 Å². The van der Waals surface area contributed by atoms with Crippen LogP contribution in [-0.4, -0.2) is 23.4 Å². The number of hydrogen-bond donors (Lipinski definition) is 1. The van der Waals surface area contributed by atoms with Gasteiger partial charge in [0, 0.05) is 11.1 Å². The Morgan fingerprint density at radius 3 is 2.48 bits per heavy atom. The molecule has 27 heavy (non-hydrogen) atoms. The standard InChI is InChI=1S/C22H22N2O3/c1-15(2)20-12-18(17-10-6-7-11-19(17)24-20)22(26)23-13-21(25)27-14-16-8-4-3-5-9-16/h3-12,15H,13-14H2,1-2H3,(H,23,26). The van der Waals surface area contributed by atoms with E-state index >= 15 is 0 Å². The number of aromatic nitrogens is 1. The number of amides is 1. The molecule has 0 aliphatic carbocycles. The number of benzene rings is 2. The van der Waals surface area contributed by atoms with E-state index in [1.165, 1.54) is 0 Å². The van der Waals surface area contributed by atoms with Crippen molar-refractivity contribution < 1.29 is 14.3 Å². The molecule has 0 spiro atoms. The second kappa shape index (κ2) is 8.45. The minimum atomic E-state index is -0.477. The monoisotopic (exact) mass is 362 g/mol. The number of esters is 1. The van der Waals surface area contributed by atoms with E-state index in [0.29, 0.717) is 5.56 Å². The van der Waals surface area contributed by atoms with Gasteiger partial charge in [0.2, 0.25) is 0 Å². The van der Waals surface area contributed by atoms with Crippen LogP contribution in [0, 0.1) is 0 Å². The Balaban J connectivity index is 1.68. The van der Waals surface area contributed by atoms with Crippen molar-refractivity contribution >= 4 is 22.8 Å². The Bertz CT molecular complexity index is 952. The number of fused-ring (bicyclic) bond motifs is 1. The van der Waals surface area contributed by atoms with Gasteiger partial charge in [0.25, 0.3) is 5.91 Å². The summed E-state index contributed by atoms with van der Waals surface area (Å²) in [7, 11) is 0. The molecule has 0 saturated heterocycles. The molecule has 1 N–H and O–H groups in total. The maximum absolute atomic E-state index is 12.7. The summed E-state index contributed by atoms with van der Waals surface area (Å²) in [5.74, 6) is -0.598. The number of nitrogens with zero attached hydrogens (tertiary/aromatic N) is 1. The van der Waals surface area contributed by atoms with Crippen molar-refractivity contribution in [3.8, 4) is 0 Å². The van der Waals surface area contributed by atoms with Crippen LogP contribution >= 0.6 is 0 Å². The minimum absolute atomic E-state index is 0.181. The number of rotatable bonds is 6. The van der Waals surface area contributed by atoms with Crippen LogP contribution in [0.2, 0.25) is 0 Å². The summed E-state index contributed by atoms with van der Waals surface area (Å²) in [4.78, 5) is 29.2. The first-order chi connectivity index (χ1) is 13.0. The molecule has 0 bridgehead atoms. The van der Waals surface area contributed by atoms with E-state index in [1.54, 1.807) is 6.07 Å². The molecule has 0 unspecified atom stereocenters. The van der Waals surface area contributed by atoms with Gasteiger partial charge in [-0.15, -0.1) is 0 Å². The van der Waals surface area contributed by atoms with Gasteiger partial charge >= 0.3 is 5.97 Å². The van der Waals surface area contributed by atoms with Crippen LogP contribution in [0.15, 0.2) is 60.7 Å². The van der Waals surface area contributed by atoms with Crippen LogP contribution in [-0.2, 0) is 16.1 Å². The van der Waals surface area contributed by atoms with Gasteiger partial charge in [-0.2, -0.15) is 0 Å². The zero-order valence-corrected chi connectivity index (χ0v) is 15.4. The number of ether oxygens (including phenoxy) is 1. The SMILES string of the molecule is CC(C)c1cc(C(=O)NCC(=O)OCc2ccccc2)c2ccccc2n1. The van der Waals surface area contributed by atoms with Crippen LogP contribution in [0.3, 0.4) is 0 Å². The maximum atomic E-state index is 12.7. The Labute approximate surface area is 158 Å². The van der Waals surface area contributed by atoms with Crippen molar-refractivity contribution in [2.24, 2.45) is 0 Å². The van der Waals surface area contributed by atoms with Gasteiger partial charge in [0.1, 0.15) is 13.2 Å². The van der Waals surface area contributed by atoms with E-state index in [0.717, 1.165) is 22.2 Å². The second-order valence-corrected chi connectivity index (χ2v) is 6.60. The number of carbonyl (C=O) groups is 2.